The summed E-state index contributed by atoms with van der Waals surface area (Å²) >= 11 is 0. The number of rotatable bonds is 19. The van der Waals surface area contributed by atoms with Crippen LogP contribution in [0.3, 0.4) is 0 Å². The van der Waals surface area contributed by atoms with E-state index in [9.17, 15) is 24.0 Å². The topological polar surface area (TPSA) is 170 Å². The second-order valence-corrected chi connectivity index (χ2v) is 14.8. The first kappa shape index (κ1) is 43.6. The maximum atomic E-state index is 14.1. The minimum atomic E-state index is -1.17. The Morgan fingerprint density at radius 3 is 2.14 bits per heavy atom. The standard InChI is InChI=1S/C38H63N5O8/c1-12-24(4)32(42(8)35(46)31(23(2)3)41-37(48)38(6,7)39)29(49-9)22-30(44)43-20-16-19-28(43)33(50-10)25(5)34(45)40-27(36(47)51-11)21-26-17-14-13-15-18-26/h13-15,17-18,23-25,27-29,31-33H,12,16,19-22,39H2,1-11H3,(H,40,45)(H,41,48). The number of nitrogens with two attached hydrogens (primary N) is 1. The second kappa shape index (κ2) is 19.9. The smallest absolute Gasteiger partial charge is 0.328 e. The van der Waals surface area contributed by atoms with Gasteiger partial charge in [0.25, 0.3) is 0 Å². The third-order valence-electron chi connectivity index (χ3n) is 10.1. The van der Waals surface area contributed by atoms with Crippen molar-refractivity contribution in [1.29, 1.82) is 0 Å². The molecule has 1 aromatic rings. The molecule has 1 aliphatic rings. The van der Waals surface area contributed by atoms with Crippen LogP contribution in [0.15, 0.2) is 30.3 Å². The minimum Gasteiger partial charge on any atom is -0.467 e. The van der Waals surface area contributed by atoms with Crippen molar-refractivity contribution < 1.29 is 38.2 Å². The van der Waals surface area contributed by atoms with Crippen LogP contribution in [0.1, 0.15) is 79.7 Å². The van der Waals surface area contributed by atoms with Crippen LogP contribution in [-0.2, 0) is 44.6 Å². The zero-order chi connectivity index (χ0) is 38.6. The number of likely N-dealkylation sites (tertiary alicyclic amines) is 1. The first-order valence-electron chi connectivity index (χ1n) is 18.1. The second-order valence-electron chi connectivity index (χ2n) is 14.8. The van der Waals surface area contributed by atoms with Gasteiger partial charge in [-0.1, -0.05) is 71.4 Å². The molecule has 13 heteroatoms. The van der Waals surface area contributed by atoms with Crippen molar-refractivity contribution in [2.24, 2.45) is 23.5 Å². The number of carbonyl (C=O) groups excluding carboxylic acids is 5. The Morgan fingerprint density at radius 1 is 1.00 bits per heavy atom. The Hall–Kier alpha value is -3.55. The molecule has 1 aliphatic heterocycles. The number of nitrogens with zero attached hydrogens (tertiary/aromatic N) is 2. The summed E-state index contributed by atoms with van der Waals surface area (Å²) in [5.41, 5.74) is 5.72. The highest BCUT2D eigenvalue weighted by molar-refractivity contribution is 5.92. The van der Waals surface area contributed by atoms with E-state index in [4.69, 9.17) is 19.9 Å². The van der Waals surface area contributed by atoms with Gasteiger partial charge in [0.05, 0.1) is 49.3 Å². The Bertz CT molecular complexity index is 1300. The molecule has 0 radical (unpaired) electrons. The van der Waals surface area contributed by atoms with Gasteiger partial charge >= 0.3 is 5.97 Å². The van der Waals surface area contributed by atoms with Gasteiger partial charge in [-0.15, -0.1) is 0 Å². The van der Waals surface area contributed by atoms with Gasteiger partial charge < -0.3 is 40.4 Å². The van der Waals surface area contributed by atoms with Gasteiger partial charge in [0.1, 0.15) is 12.1 Å². The summed E-state index contributed by atoms with van der Waals surface area (Å²) in [6, 6.07) is 6.76. The number of carbonyl (C=O) groups is 5. The SMILES string of the molecule is CCC(C)C(C(CC(=O)N1CCCC1C(OC)C(C)C(=O)NC(Cc1ccccc1)C(=O)OC)OC)N(C)C(=O)C(NC(=O)C(C)(C)N)C(C)C. The number of methoxy groups -OCH3 is 3. The van der Waals surface area contributed by atoms with E-state index < -0.39 is 59.7 Å². The molecule has 1 fully saturated rings. The normalized spacial score (nSPS) is 18.9. The van der Waals surface area contributed by atoms with E-state index in [0.717, 1.165) is 12.0 Å². The number of amides is 4. The zero-order valence-electron chi connectivity index (χ0n) is 32.6. The number of nitrogens with one attached hydrogen (secondary N) is 2. The average Bonchev–Trinajstić information content (AvgIpc) is 3.58. The molecule has 13 nitrogen and oxygen atoms in total. The van der Waals surface area contributed by atoms with E-state index in [-0.39, 0.29) is 42.4 Å². The lowest BCUT2D eigenvalue weighted by Crippen LogP contribution is -2.60. The molecule has 0 bridgehead atoms. The number of likely N-dealkylation sites (N-methyl/N-ethyl adjacent to an activating group) is 1. The van der Waals surface area contributed by atoms with Crippen LogP contribution >= 0.6 is 0 Å². The summed E-state index contributed by atoms with van der Waals surface area (Å²) < 4.78 is 16.8. The predicted molar refractivity (Wildman–Crippen MR) is 195 cm³/mol. The summed E-state index contributed by atoms with van der Waals surface area (Å²) in [5, 5.41) is 5.67. The molecule has 0 spiro atoms. The van der Waals surface area contributed by atoms with Gasteiger partial charge in [0.2, 0.25) is 23.6 Å². The maximum absolute atomic E-state index is 14.1. The van der Waals surface area contributed by atoms with Gasteiger partial charge in [-0.25, -0.2) is 4.79 Å². The van der Waals surface area contributed by atoms with E-state index in [1.807, 2.05) is 58.0 Å². The summed E-state index contributed by atoms with van der Waals surface area (Å²) in [5.74, 6) is -2.81. The number of hydrogen-bond donors (Lipinski definition) is 3. The van der Waals surface area contributed by atoms with Crippen molar-refractivity contribution in [3.05, 3.63) is 35.9 Å². The van der Waals surface area contributed by atoms with E-state index in [1.165, 1.54) is 21.3 Å². The average molecular weight is 718 g/mol. The van der Waals surface area contributed by atoms with E-state index in [0.29, 0.717) is 19.4 Å². The minimum absolute atomic E-state index is 0.00728. The molecule has 8 unspecified atom stereocenters. The van der Waals surface area contributed by atoms with Crippen LogP contribution in [0.2, 0.25) is 0 Å². The molecule has 4 amide bonds. The van der Waals surface area contributed by atoms with Gasteiger partial charge in [-0.3, -0.25) is 19.2 Å². The van der Waals surface area contributed by atoms with E-state index >= 15 is 0 Å². The Kier molecular flexibility index (Phi) is 17.0. The van der Waals surface area contributed by atoms with Crippen LogP contribution in [-0.4, -0.2) is 116 Å². The highest BCUT2D eigenvalue weighted by Gasteiger charge is 2.43. The summed E-state index contributed by atoms with van der Waals surface area (Å²) in [6.45, 7) is 13.1. The quantitative estimate of drug-likeness (QED) is 0.182. The van der Waals surface area contributed by atoms with E-state index in [1.54, 1.807) is 37.6 Å². The Morgan fingerprint density at radius 2 is 1.63 bits per heavy atom. The van der Waals surface area contributed by atoms with Crippen molar-refractivity contribution in [3.63, 3.8) is 0 Å². The van der Waals surface area contributed by atoms with Crippen molar-refractivity contribution in [2.45, 2.75) is 122 Å². The third kappa shape index (κ3) is 11.7. The Labute approximate surface area is 304 Å². The fourth-order valence-corrected chi connectivity index (χ4v) is 6.85. The first-order chi connectivity index (χ1) is 23.9. The predicted octanol–water partition coefficient (Wildman–Crippen LogP) is 2.69. The molecule has 1 saturated heterocycles. The molecular formula is C38H63N5O8. The van der Waals surface area contributed by atoms with Crippen LogP contribution in [0.5, 0.6) is 0 Å². The fourth-order valence-electron chi connectivity index (χ4n) is 6.85. The van der Waals surface area contributed by atoms with Crippen molar-refractivity contribution >= 4 is 29.6 Å². The van der Waals surface area contributed by atoms with E-state index in [2.05, 4.69) is 10.6 Å². The fraction of sp³-hybridized carbons (Fsp3) is 0.711. The maximum Gasteiger partial charge on any atom is 0.328 e. The molecule has 0 aliphatic carbocycles. The molecule has 2 rings (SSSR count). The van der Waals surface area contributed by atoms with Crippen molar-refractivity contribution in [3.8, 4) is 0 Å². The van der Waals surface area contributed by atoms with Crippen LogP contribution < -0.4 is 16.4 Å². The van der Waals surface area contributed by atoms with Crippen LogP contribution in [0.25, 0.3) is 0 Å². The number of hydrogen-bond acceptors (Lipinski definition) is 9. The summed E-state index contributed by atoms with van der Waals surface area (Å²) in [7, 11) is 6.02. The van der Waals surface area contributed by atoms with Gasteiger partial charge in [0, 0.05) is 34.2 Å². The zero-order valence-corrected chi connectivity index (χ0v) is 32.6. The largest absolute Gasteiger partial charge is 0.467 e. The molecule has 51 heavy (non-hydrogen) atoms. The van der Waals surface area contributed by atoms with Crippen LogP contribution in [0, 0.1) is 17.8 Å². The van der Waals surface area contributed by atoms with Gasteiger partial charge in [-0.2, -0.15) is 0 Å². The Balaban J connectivity index is 2.27. The molecule has 0 saturated carbocycles. The lowest BCUT2D eigenvalue weighted by molar-refractivity contribution is -0.149. The number of benzene rings is 1. The van der Waals surface area contributed by atoms with Gasteiger partial charge in [-0.05, 0) is 44.1 Å². The molecule has 4 N–H and O–H groups in total. The first-order valence-corrected chi connectivity index (χ1v) is 18.1. The van der Waals surface area contributed by atoms with Crippen molar-refractivity contribution in [1.82, 2.24) is 20.4 Å². The molecule has 8 atom stereocenters. The van der Waals surface area contributed by atoms with Gasteiger partial charge in [0.15, 0.2) is 0 Å². The molecular weight excluding hydrogens is 654 g/mol. The third-order valence-corrected chi connectivity index (χ3v) is 10.1. The monoisotopic (exact) mass is 717 g/mol. The van der Waals surface area contributed by atoms with Crippen LogP contribution in [0.4, 0.5) is 0 Å². The highest BCUT2D eigenvalue weighted by Crippen LogP contribution is 2.30. The lowest BCUT2D eigenvalue weighted by atomic mass is 9.89. The molecule has 0 aromatic heterocycles. The lowest BCUT2D eigenvalue weighted by Gasteiger charge is -2.41. The molecule has 1 aromatic carbocycles. The molecule has 288 valence electrons. The summed E-state index contributed by atoms with van der Waals surface area (Å²) in [4.78, 5) is 70.4. The highest BCUT2D eigenvalue weighted by atomic mass is 16.5. The number of ether oxygens (including phenoxy) is 3. The number of esters is 1. The van der Waals surface area contributed by atoms with Crippen molar-refractivity contribution in [2.75, 3.05) is 34.9 Å². The molecule has 1 heterocycles. The summed E-state index contributed by atoms with van der Waals surface area (Å²) in [6.07, 6.45) is 1.02.